The Hall–Kier alpha value is -6.72. The third-order valence-corrected chi connectivity index (χ3v) is 27.7. The Morgan fingerprint density at radius 1 is 0.382 bits per heavy atom. The molecule has 0 spiro atoms. The van der Waals surface area contributed by atoms with E-state index in [1.54, 1.807) is 24.3 Å². The summed E-state index contributed by atoms with van der Waals surface area (Å²) >= 11 is 11.1. The summed E-state index contributed by atoms with van der Waals surface area (Å²) in [6, 6.07) is 42.1. The van der Waals surface area contributed by atoms with Crippen LogP contribution >= 0.6 is 23.2 Å². The molecule has 13 N–H and O–H groups in total. The number of benzene rings is 9. The van der Waals surface area contributed by atoms with Crippen LogP contribution < -0.4 is 139 Å². The van der Waals surface area contributed by atoms with Crippen LogP contribution in [0.15, 0.2) is 262 Å². The molecule has 0 amide bonds. The van der Waals surface area contributed by atoms with E-state index in [-0.39, 0.29) is 157 Å². The van der Waals surface area contributed by atoms with Gasteiger partial charge in [0.15, 0.2) is 24.6 Å². The van der Waals surface area contributed by atoms with Gasteiger partial charge in [-0.2, -0.15) is 75.8 Å². The predicted octanol–water partition coefficient (Wildman–Crippen LogP) is 0.591. The van der Waals surface area contributed by atoms with Crippen LogP contribution in [0.5, 0.6) is 0 Å². The summed E-state index contributed by atoms with van der Waals surface area (Å²) in [5.74, 6) is -0.741. The van der Waals surface area contributed by atoms with Crippen molar-refractivity contribution in [2.24, 2.45) is 5.73 Å². The van der Waals surface area contributed by atoms with Crippen molar-refractivity contribution >= 4 is 167 Å². The number of nitrogens with two attached hydrogens (primary N) is 1. The van der Waals surface area contributed by atoms with Crippen LogP contribution in [0.2, 0.25) is 10.0 Å². The molecular weight excluding hydrogens is 2040 g/mol. The average Bonchev–Trinajstić information content (AvgIpc) is 0.755. The fourth-order valence-electron chi connectivity index (χ4n) is 12.7. The number of aldehydes is 3. The zero-order valence-electron chi connectivity index (χ0n) is 79.0. The molecule has 9 aromatic carbocycles. The van der Waals surface area contributed by atoms with Gasteiger partial charge in [-0.1, -0.05) is 77.8 Å². The Bertz CT molecular complexity index is 6940. The second-order valence-corrected chi connectivity index (χ2v) is 40.7. The van der Waals surface area contributed by atoms with Gasteiger partial charge in [0.05, 0.1) is 39.4 Å². The van der Waals surface area contributed by atoms with Crippen LogP contribution in [0.4, 0.5) is 17.1 Å². The summed E-state index contributed by atoms with van der Waals surface area (Å²) in [5, 5.41) is 17.0. The number of nitrogens with one attached hydrogen (secondary N) is 1. The van der Waals surface area contributed by atoms with Crippen molar-refractivity contribution < 1.29 is 269 Å². The van der Waals surface area contributed by atoms with Crippen molar-refractivity contribution in [1.29, 1.82) is 5.41 Å². The number of hydrogen-bond acceptors (Lipinski definition) is 27. The van der Waals surface area contributed by atoms with Crippen molar-refractivity contribution in [3.63, 3.8) is 0 Å². The van der Waals surface area contributed by atoms with Crippen molar-refractivity contribution in [3.8, 4) is 0 Å². The fraction of sp³-hybridized carbons (Fsp3) is 0.217. The van der Waals surface area contributed by atoms with Crippen molar-refractivity contribution in [2.45, 2.75) is 112 Å². The first kappa shape index (κ1) is 127. The smallest absolute Gasteiger partial charge is 1.00 e. The van der Waals surface area contributed by atoms with Crippen LogP contribution in [0.3, 0.4) is 0 Å². The molecule has 0 aromatic heterocycles. The number of hydrogen-bond donors (Lipinski definition) is 12. The number of carbonyl (C=O) groups is 3. The van der Waals surface area contributed by atoms with Gasteiger partial charge in [0.2, 0.25) is 6.29 Å². The number of aliphatic hydroxyl groups is 1. The SMILES string of the molecule is CCN(CC)c1ccc(C(=C2C=CC(=[N+](CC)CC)C=C2)c2cc(S(=O)(=O)O)ccc2S(=O)(=O)O)cc1.CCN(CC)c1ccc(C(c2ccc(N(CC)CC)cc2)c2cc(S(=O)(=O)O)ccc2S(=O)(=O)O)cc1.N=C(N)OC(O)c1cc(S(=O)(=O)O)ccc1S(=O)(=O)O.O=Cc1cc(S(=O)(=O)O)ccc1Cl.O=Cc1cc(S(=O)(=O)O)ccc1S(=O)(=O)O.O=Cc1ccccc1Cl.[H-].[H-].[H-].[H-].[Na+].[Na+].[Na+].[Na+]. The summed E-state index contributed by atoms with van der Waals surface area (Å²) in [5.41, 5.74) is 11.1. The van der Waals surface area contributed by atoms with Gasteiger partial charge in [-0.25, -0.2) is 4.58 Å². The van der Waals surface area contributed by atoms with E-state index in [4.69, 9.17) is 57.1 Å². The maximum Gasteiger partial charge on any atom is 1.00 e. The van der Waals surface area contributed by atoms with Gasteiger partial charge < -0.3 is 36.0 Å². The Balaban J connectivity index is -0.000000832. The number of carbonyl (C=O) groups excluding carboxylic acids is 3. The number of allylic oxidation sites excluding steroid dienone is 5. The topological polar surface area (TPSA) is 633 Å². The molecule has 136 heavy (non-hydrogen) atoms. The van der Waals surface area contributed by atoms with E-state index < -0.39 is 160 Å². The molecule has 0 heterocycles. The van der Waals surface area contributed by atoms with E-state index in [0.717, 1.165) is 136 Å². The van der Waals surface area contributed by atoms with E-state index in [2.05, 4.69) is 51.7 Å². The summed E-state index contributed by atoms with van der Waals surface area (Å²) in [4.78, 5) is 32.3. The van der Waals surface area contributed by atoms with E-state index in [1.807, 2.05) is 125 Å². The number of anilines is 3. The Kier molecular flexibility index (Phi) is 52.1. The molecule has 1 unspecified atom stereocenters. The van der Waals surface area contributed by atoms with Gasteiger partial charge >= 0.3 is 118 Å². The molecule has 0 aliphatic heterocycles. The second kappa shape index (κ2) is 55.6. The van der Waals surface area contributed by atoms with Gasteiger partial charge in [0.25, 0.3) is 97.1 Å². The van der Waals surface area contributed by atoms with E-state index >= 15 is 0 Å². The maximum atomic E-state index is 12.4. The maximum absolute atomic E-state index is 12.4. The Morgan fingerprint density at radius 3 is 1.02 bits per heavy atom. The molecule has 10 rings (SSSR count). The zero-order chi connectivity index (χ0) is 99.8. The van der Waals surface area contributed by atoms with Gasteiger partial charge in [0, 0.05) is 102 Å². The summed E-state index contributed by atoms with van der Waals surface area (Å²) in [6.45, 7) is 22.9. The van der Waals surface area contributed by atoms with Gasteiger partial charge in [-0.15, -0.1) is 0 Å². The zero-order valence-corrected chi connectivity index (χ0v) is 91.9. The molecule has 0 radical (unpaired) electrons. The van der Waals surface area contributed by atoms with Crippen molar-refractivity contribution in [1.82, 2.24) is 0 Å². The van der Waals surface area contributed by atoms with Crippen molar-refractivity contribution in [3.05, 3.63) is 278 Å². The van der Waals surface area contributed by atoms with E-state index in [1.165, 1.54) is 6.07 Å². The average molecular weight is 2140 g/mol. The monoisotopic (exact) mass is 2140 g/mol. The molecule has 38 nitrogen and oxygen atoms in total. The number of nitrogens with zero attached hydrogens (tertiary/aromatic N) is 4. The Morgan fingerprint density at radius 2 is 0.691 bits per heavy atom. The fourth-order valence-corrected chi connectivity index (χ4v) is 18.4. The normalized spacial score (nSPS) is 12.2. The van der Waals surface area contributed by atoms with E-state index in [9.17, 15) is 113 Å². The van der Waals surface area contributed by atoms with Crippen molar-refractivity contribution in [2.75, 3.05) is 67.1 Å². The van der Waals surface area contributed by atoms with E-state index in [0.29, 0.717) is 75.0 Å². The minimum absolute atomic E-state index is 0. The molecule has 0 saturated heterocycles. The summed E-state index contributed by atoms with van der Waals surface area (Å²) in [6.07, 6.45) is 6.55. The largest absolute Gasteiger partial charge is 1.00 e. The predicted molar refractivity (Wildman–Crippen MR) is 497 cm³/mol. The molecule has 1 aliphatic rings. The van der Waals surface area contributed by atoms with Crippen LogP contribution in [0, 0.1) is 5.41 Å². The van der Waals surface area contributed by atoms with Crippen LogP contribution in [-0.2, 0) is 95.8 Å². The molecule has 53 heteroatoms. The number of aliphatic hydroxyl groups excluding tert-OH is 1. The number of rotatable bonds is 30. The van der Waals surface area contributed by atoms with Gasteiger partial charge in [-0.3, -0.25) is 60.8 Å². The molecule has 1 atom stereocenters. The molecular formula is C83H97Cl2N6Na4O32S9+. The number of amidine groups is 1. The third-order valence-electron chi connectivity index (χ3n) is 19.1. The molecule has 1 aliphatic carbocycles. The van der Waals surface area contributed by atoms with Gasteiger partial charge in [-0.05, 0) is 234 Å². The summed E-state index contributed by atoms with van der Waals surface area (Å²) < 4.78 is 295. The third kappa shape index (κ3) is 37.3. The quantitative estimate of drug-likeness (QED) is 0.00428. The Labute approximate surface area is 894 Å². The first-order valence-corrected chi connectivity index (χ1v) is 52.2. The van der Waals surface area contributed by atoms with Gasteiger partial charge in [0.1, 0.15) is 27.8 Å². The molecule has 0 saturated carbocycles. The molecule has 9 aromatic rings. The number of ether oxygens (including phenoxy) is 1. The summed E-state index contributed by atoms with van der Waals surface area (Å²) in [7, 11) is -41.6. The van der Waals surface area contributed by atoms with Crippen LogP contribution in [-0.4, -0.2) is 209 Å². The van der Waals surface area contributed by atoms with Crippen LogP contribution in [0.1, 0.15) is 138 Å². The van der Waals surface area contributed by atoms with Crippen LogP contribution in [0.25, 0.3) is 5.57 Å². The first-order valence-electron chi connectivity index (χ1n) is 38.5. The molecule has 0 fully saturated rings. The minimum Gasteiger partial charge on any atom is -1.00 e. The second-order valence-electron chi connectivity index (χ2n) is 27.2. The molecule has 722 valence electrons. The standard InChI is InChI=1S/C27H34N2O6S2.C27H32N2O6S2.C8H10N2O8S2.C7H5ClO4S.C7H5ClO.C7H6O7S2.4Na.4H/c2*1-5-28(6-2)22-13-9-20(10-14-22)27(21-11-15-23(16-12-21)29(7-3)8-4)25-19-24(36(30,31)32)17-18-26(25)37(33,34)35;9-8(10)18-7(11)5-3-4(19(12,13)14)1-2-6(5)20(15,16)17;8-7-2-1-6(13(10,11)12)3-5(7)4-9;8-7-4-2-1-3-6(7)5-9;8-4-5-3-6(15(9,10)11)1-2-7(5)16(12,13)14;;;;;;;;/h9-19,27H,5-8H2,1-4H3,(H,30,31,32)(H,33,34,35);9-19H,5-8H2,1-4H3,(H-,30,31,32,33,34,35);1-3,7,11H,(H3,9,10)(H,12,13,14)(H,15,16,17);1-4H,(H,10,11,12);1-5H;1-4H,(H,9,10,11)(H,12,13,14);;;;;;;;/q;;;;;;4*+1;4*-1/p+1. The molecule has 0 bridgehead atoms. The number of halogens is 2. The first-order chi connectivity index (χ1) is 61.3. The minimum atomic E-state index is -4.80.